The third-order valence-electron chi connectivity index (χ3n) is 3.90. The van der Waals surface area contributed by atoms with E-state index in [-0.39, 0.29) is 23.7 Å². The molecule has 128 valence electrons. The number of nitrogens with one attached hydrogen (secondary N) is 1. The van der Waals surface area contributed by atoms with Gasteiger partial charge in [-0.15, -0.1) is 0 Å². The van der Waals surface area contributed by atoms with Crippen LogP contribution < -0.4 is 5.32 Å². The Morgan fingerprint density at radius 3 is 2.30 bits per heavy atom. The normalized spacial score (nSPS) is 13.3. The smallest absolute Gasteiger partial charge is 0.242 e. The summed E-state index contributed by atoms with van der Waals surface area (Å²) in [5.74, 6) is -0.544. The Hall–Kier alpha value is -1.91. The maximum absolute atomic E-state index is 13.0. The van der Waals surface area contributed by atoms with Gasteiger partial charge in [-0.25, -0.2) is 4.39 Å². The fraction of sp³-hybridized carbons (Fsp3) is 0.556. The molecule has 0 aliphatic rings. The average Bonchev–Trinajstić information content (AvgIpc) is 2.53. The van der Waals surface area contributed by atoms with Crippen LogP contribution in [0.25, 0.3) is 0 Å². The zero-order valence-corrected chi connectivity index (χ0v) is 14.4. The number of hydrogen-bond acceptors (Lipinski definition) is 2. The van der Waals surface area contributed by atoms with Gasteiger partial charge in [-0.1, -0.05) is 26.0 Å². The first-order chi connectivity index (χ1) is 10.9. The minimum absolute atomic E-state index is 0.0661. The van der Waals surface area contributed by atoms with E-state index in [1.807, 2.05) is 20.8 Å². The van der Waals surface area contributed by atoms with Crippen molar-refractivity contribution >= 4 is 11.8 Å². The zero-order chi connectivity index (χ0) is 17.4. The average molecular weight is 322 g/mol. The van der Waals surface area contributed by atoms with Gasteiger partial charge in [0, 0.05) is 19.0 Å². The molecule has 5 heteroatoms. The number of amides is 2. The van der Waals surface area contributed by atoms with Crippen molar-refractivity contribution in [3.63, 3.8) is 0 Å². The van der Waals surface area contributed by atoms with Crippen molar-refractivity contribution in [2.24, 2.45) is 0 Å². The van der Waals surface area contributed by atoms with Gasteiger partial charge in [-0.3, -0.25) is 9.59 Å². The van der Waals surface area contributed by atoms with Crippen LogP contribution in [0, 0.1) is 5.82 Å². The van der Waals surface area contributed by atoms with Gasteiger partial charge in [-0.05, 0) is 44.4 Å². The lowest BCUT2D eigenvalue weighted by molar-refractivity contribution is -0.140. The highest BCUT2D eigenvalue weighted by molar-refractivity contribution is 5.87. The van der Waals surface area contributed by atoms with Crippen molar-refractivity contribution in [2.45, 2.75) is 65.6 Å². The second-order valence-electron chi connectivity index (χ2n) is 5.89. The van der Waals surface area contributed by atoms with Gasteiger partial charge >= 0.3 is 0 Å². The van der Waals surface area contributed by atoms with Crippen molar-refractivity contribution in [2.75, 3.05) is 0 Å². The largest absolute Gasteiger partial charge is 0.352 e. The molecule has 1 aromatic rings. The summed E-state index contributed by atoms with van der Waals surface area (Å²) in [7, 11) is 0. The van der Waals surface area contributed by atoms with Crippen molar-refractivity contribution in [1.82, 2.24) is 10.2 Å². The van der Waals surface area contributed by atoms with Crippen molar-refractivity contribution < 1.29 is 14.0 Å². The number of carbonyl (C=O) groups excluding carboxylic acids is 2. The molecule has 0 radical (unpaired) electrons. The fourth-order valence-electron chi connectivity index (χ4n) is 2.19. The molecule has 2 amide bonds. The van der Waals surface area contributed by atoms with E-state index in [1.54, 1.807) is 24.0 Å². The molecule has 0 saturated carbocycles. The Kier molecular flexibility index (Phi) is 7.72. The minimum atomic E-state index is -0.562. The molecule has 0 aliphatic heterocycles. The highest BCUT2D eigenvalue weighted by Crippen LogP contribution is 2.13. The summed E-state index contributed by atoms with van der Waals surface area (Å²) in [6, 6.07) is 5.51. The number of carbonyl (C=O) groups is 2. The second-order valence-corrected chi connectivity index (χ2v) is 5.89. The quantitative estimate of drug-likeness (QED) is 0.798. The third-order valence-corrected chi connectivity index (χ3v) is 3.90. The number of benzene rings is 1. The summed E-state index contributed by atoms with van der Waals surface area (Å²) in [5.41, 5.74) is 0.805. The molecule has 4 nitrogen and oxygen atoms in total. The maximum atomic E-state index is 13.0. The molecule has 23 heavy (non-hydrogen) atoms. The molecule has 1 N–H and O–H groups in total. The molecule has 0 aliphatic carbocycles. The molecular weight excluding hydrogens is 295 g/mol. The fourth-order valence-corrected chi connectivity index (χ4v) is 2.19. The van der Waals surface area contributed by atoms with Crippen LogP contribution in [0.3, 0.4) is 0 Å². The summed E-state index contributed by atoms with van der Waals surface area (Å²) in [5, 5.41) is 2.91. The van der Waals surface area contributed by atoms with Crippen LogP contribution in [0.15, 0.2) is 24.3 Å². The second kappa shape index (κ2) is 9.28. The van der Waals surface area contributed by atoms with Gasteiger partial charge in [0.05, 0.1) is 0 Å². The van der Waals surface area contributed by atoms with E-state index < -0.39 is 6.04 Å². The SMILES string of the molecule is CCCC(=O)N(Cc1ccc(F)cc1)[C@H](C)C(=O)N[C@H](C)CC. The van der Waals surface area contributed by atoms with E-state index in [0.717, 1.165) is 18.4 Å². The Bertz CT molecular complexity index is 516. The summed E-state index contributed by atoms with van der Waals surface area (Å²) in [6.45, 7) is 7.89. The van der Waals surface area contributed by atoms with E-state index in [4.69, 9.17) is 0 Å². The van der Waals surface area contributed by atoms with Crippen LogP contribution in [0.5, 0.6) is 0 Å². The molecule has 0 unspecified atom stereocenters. The lowest BCUT2D eigenvalue weighted by Crippen LogP contribution is -2.49. The molecular formula is C18H27FN2O2. The molecule has 0 saturated heterocycles. The van der Waals surface area contributed by atoms with Crippen molar-refractivity contribution in [3.8, 4) is 0 Å². The summed E-state index contributed by atoms with van der Waals surface area (Å²) >= 11 is 0. The predicted molar refractivity (Wildman–Crippen MR) is 89.2 cm³/mol. The Labute approximate surface area is 138 Å². The summed E-state index contributed by atoms with van der Waals surface area (Å²) < 4.78 is 13.0. The van der Waals surface area contributed by atoms with Gasteiger partial charge in [0.15, 0.2) is 0 Å². The number of hydrogen-bond donors (Lipinski definition) is 1. The number of rotatable bonds is 8. The van der Waals surface area contributed by atoms with Crippen LogP contribution in [-0.4, -0.2) is 28.8 Å². The minimum Gasteiger partial charge on any atom is -0.352 e. The van der Waals surface area contributed by atoms with Crippen LogP contribution in [0.2, 0.25) is 0 Å². The van der Waals surface area contributed by atoms with Gasteiger partial charge in [0.25, 0.3) is 0 Å². The Morgan fingerprint density at radius 1 is 1.17 bits per heavy atom. The molecule has 0 fully saturated rings. The first kappa shape index (κ1) is 19.1. The van der Waals surface area contributed by atoms with Crippen molar-refractivity contribution in [3.05, 3.63) is 35.6 Å². The first-order valence-corrected chi connectivity index (χ1v) is 8.23. The lowest BCUT2D eigenvalue weighted by Gasteiger charge is -2.29. The molecule has 2 atom stereocenters. The molecule has 0 aromatic heterocycles. The molecule has 0 heterocycles. The van der Waals surface area contributed by atoms with Crippen LogP contribution in [0.1, 0.15) is 52.5 Å². The number of nitrogens with zero attached hydrogens (tertiary/aromatic N) is 1. The zero-order valence-electron chi connectivity index (χ0n) is 14.4. The Morgan fingerprint density at radius 2 is 1.78 bits per heavy atom. The highest BCUT2D eigenvalue weighted by Gasteiger charge is 2.26. The van der Waals surface area contributed by atoms with Gasteiger partial charge in [-0.2, -0.15) is 0 Å². The first-order valence-electron chi connectivity index (χ1n) is 8.23. The van der Waals surface area contributed by atoms with Gasteiger partial charge < -0.3 is 10.2 Å². The van der Waals surface area contributed by atoms with E-state index in [9.17, 15) is 14.0 Å². The lowest BCUT2D eigenvalue weighted by atomic mass is 10.1. The van der Waals surface area contributed by atoms with Crippen LogP contribution in [-0.2, 0) is 16.1 Å². The Balaban J connectivity index is 2.88. The van der Waals surface area contributed by atoms with Gasteiger partial charge in [0.1, 0.15) is 11.9 Å². The van der Waals surface area contributed by atoms with E-state index in [1.165, 1.54) is 12.1 Å². The molecule has 0 bridgehead atoms. The summed E-state index contributed by atoms with van der Waals surface area (Å²) in [4.78, 5) is 26.3. The highest BCUT2D eigenvalue weighted by atomic mass is 19.1. The topological polar surface area (TPSA) is 49.4 Å². The standard InChI is InChI=1S/C18H27FN2O2/c1-5-7-17(22)21(12-15-8-10-16(19)11-9-15)14(4)18(23)20-13(3)6-2/h8-11,13-14H,5-7,12H2,1-4H3,(H,20,23)/t13-,14-/m1/s1. The monoisotopic (exact) mass is 322 g/mol. The molecule has 1 rings (SSSR count). The predicted octanol–water partition coefficient (Wildman–Crippen LogP) is 3.26. The van der Waals surface area contributed by atoms with E-state index in [2.05, 4.69) is 5.32 Å². The molecule has 1 aromatic carbocycles. The number of halogens is 1. The molecule has 0 spiro atoms. The van der Waals surface area contributed by atoms with Crippen molar-refractivity contribution in [1.29, 1.82) is 0 Å². The maximum Gasteiger partial charge on any atom is 0.242 e. The summed E-state index contributed by atoms with van der Waals surface area (Å²) in [6.07, 6.45) is 1.94. The van der Waals surface area contributed by atoms with E-state index in [0.29, 0.717) is 13.0 Å². The van der Waals surface area contributed by atoms with Gasteiger partial charge in [0.2, 0.25) is 11.8 Å². The third kappa shape index (κ3) is 6.00. The van der Waals surface area contributed by atoms with Crippen LogP contribution >= 0.6 is 0 Å². The van der Waals surface area contributed by atoms with Crippen LogP contribution in [0.4, 0.5) is 4.39 Å². The van der Waals surface area contributed by atoms with E-state index >= 15 is 0 Å².